The van der Waals surface area contributed by atoms with Crippen molar-refractivity contribution in [2.45, 2.75) is 85.4 Å². The number of quaternary nitrogens is 1. The third-order valence-electron chi connectivity index (χ3n) is 4.12. The first-order valence-electron chi connectivity index (χ1n) is 9.41. The summed E-state index contributed by atoms with van der Waals surface area (Å²) in [7, 11) is -3.81. The lowest BCUT2D eigenvalue weighted by Crippen LogP contribution is -2.50. The first-order valence-corrected chi connectivity index (χ1v) is 10.5. The molecule has 8 heteroatoms. The fourth-order valence-electron chi connectivity index (χ4n) is 2.73. The number of halogens is 3. The van der Waals surface area contributed by atoms with Crippen LogP contribution in [0.15, 0.2) is 0 Å². The van der Waals surface area contributed by atoms with Crippen LogP contribution in [0.1, 0.15) is 79.1 Å². The van der Waals surface area contributed by atoms with Gasteiger partial charge in [-0.05, 0) is 25.7 Å². The maximum absolute atomic E-state index is 10.7. The van der Waals surface area contributed by atoms with E-state index >= 15 is 0 Å². The van der Waals surface area contributed by atoms with E-state index in [1.165, 1.54) is 82.0 Å². The van der Waals surface area contributed by atoms with Gasteiger partial charge in [-0.25, -0.2) is 8.42 Å². The molecule has 4 nitrogen and oxygen atoms in total. The summed E-state index contributed by atoms with van der Waals surface area (Å²) in [6.07, 6.45) is 5.99. The van der Waals surface area contributed by atoms with Crippen molar-refractivity contribution in [1.29, 1.82) is 0 Å². The number of rotatable bonds is 13. The van der Waals surface area contributed by atoms with E-state index in [1.54, 1.807) is 0 Å². The fourth-order valence-corrected chi connectivity index (χ4v) is 2.90. The predicted molar refractivity (Wildman–Crippen MR) is 96.8 cm³/mol. The molecule has 0 unspecified atom stereocenters. The highest BCUT2D eigenvalue weighted by Crippen LogP contribution is 2.16. The lowest BCUT2D eigenvalue weighted by atomic mass is 10.1. The maximum atomic E-state index is 10.7. The Bertz CT molecular complexity index is 329. The Morgan fingerprint density at radius 1 is 0.720 bits per heavy atom. The number of alkyl halides is 3. The molecule has 0 fully saturated rings. The van der Waals surface area contributed by atoms with Gasteiger partial charge >= 0.3 is 6.36 Å². The van der Waals surface area contributed by atoms with E-state index in [9.17, 15) is 13.2 Å². The van der Waals surface area contributed by atoms with Crippen molar-refractivity contribution < 1.29 is 30.3 Å². The molecule has 0 aliphatic carbocycles. The van der Waals surface area contributed by atoms with Gasteiger partial charge in [0.2, 0.25) is 0 Å². The van der Waals surface area contributed by atoms with Crippen molar-refractivity contribution >= 4 is 11.0 Å². The van der Waals surface area contributed by atoms with Crippen molar-refractivity contribution in [1.82, 2.24) is 0 Å². The molecule has 0 saturated carbocycles. The van der Waals surface area contributed by atoms with Crippen molar-refractivity contribution in [2.24, 2.45) is 0 Å². The highest BCUT2D eigenvalue weighted by molar-refractivity contribution is 7.67. The van der Waals surface area contributed by atoms with Crippen LogP contribution in [0.25, 0.3) is 0 Å². The van der Waals surface area contributed by atoms with Crippen molar-refractivity contribution in [3.05, 3.63) is 0 Å². The molecule has 0 aromatic heterocycles. The summed E-state index contributed by atoms with van der Waals surface area (Å²) in [5.41, 5.74) is 0. The van der Waals surface area contributed by atoms with E-state index in [2.05, 4.69) is 31.9 Å². The van der Waals surface area contributed by atoms with Crippen LogP contribution in [0.4, 0.5) is 13.2 Å². The summed E-state index contributed by atoms with van der Waals surface area (Å²) in [4.78, 5) is 0. The molecule has 154 valence electrons. The van der Waals surface area contributed by atoms with Crippen LogP contribution in [-0.2, 0) is 15.2 Å². The first kappa shape index (κ1) is 26.9. The molecule has 25 heavy (non-hydrogen) atoms. The molecule has 0 rings (SSSR count). The molecule has 0 aliphatic rings. The van der Waals surface area contributed by atoms with Gasteiger partial charge in [-0.15, -0.1) is 13.2 Å². The number of hydrogen-bond acceptors (Lipinski definition) is 3. The van der Waals surface area contributed by atoms with Gasteiger partial charge in [0.1, 0.15) is 0 Å². The minimum atomic E-state index is -5.07. The lowest BCUT2D eigenvalue weighted by molar-refractivity contribution is -0.929. The van der Waals surface area contributed by atoms with Gasteiger partial charge in [-0.2, -0.15) is 4.18 Å². The molecule has 0 heterocycles. The standard InChI is InChI=1S/C16H36N.CHF3O3S/c1-5-9-13-17(14-10-6-2,15-11-7-3)16-12-8-4;2-1(3,4)7-8(5)6/h5-16H2,1-4H3;8H/q+1;. The van der Waals surface area contributed by atoms with E-state index in [1.807, 2.05) is 0 Å². The Hall–Kier alpha value is -0.340. The molecule has 0 spiro atoms. The summed E-state index contributed by atoms with van der Waals surface area (Å²) in [5.74, 6) is 0. The third-order valence-corrected chi connectivity index (χ3v) is 4.48. The third kappa shape index (κ3) is 18.3. The van der Waals surface area contributed by atoms with Gasteiger partial charge < -0.3 is 4.48 Å². The quantitative estimate of drug-likeness (QED) is 0.352. The Kier molecular flexibility index (Phi) is 17.1. The van der Waals surface area contributed by atoms with Crippen LogP contribution in [0.3, 0.4) is 0 Å². The molecular weight excluding hydrogens is 355 g/mol. The number of thiol groups is 1. The Morgan fingerprint density at radius 3 is 1.12 bits per heavy atom. The van der Waals surface area contributed by atoms with Crippen LogP contribution >= 0.6 is 0 Å². The molecule has 0 N–H and O–H groups in total. The highest BCUT2D eigenvalue weighted by Gasteiger charge is 2.30. The van der Waals surface area contributed by atoms with Crippen molar-refractivity contribution in [3.63, 3.8) is 0 Å². The molecule has 0 aliphatic heterocycles. The summed E-state index contributed by atoms with van der Waals surface area (Å²) < 4.78 is 54.1. The number of nitrogens with zero attached hydrogens (tertiary/aromatic N) is 1. The van der Waals surface area contributed by atoms with Gasteiger partial charge in [0.15, 0.2) is 0 Å². The highest BCUT2D eigenvalue weighted by atomic mass is 32.2. The zero-order chi connectivity index (χ0) is 19.8. The molecule has 0 bridgehead atoms. The Labute approximate surface area is 153 Å². The lowest BCUT2D eigenvalue weighted by Gasteiger charge is -2.39. The minimum absolute atomic E-state index is 1.35. The summed E-state index contributed by atoms with van der Waals surface area (Å²) in [6, 6.07) is 0. The Morgan fingerprint density at radius 2 is 1.00 bits per heavy atom. The van der Waals surface area contributed by atoms with E-state index in [0.29, 0.717) is 0 Å². The van der Waals surface area contributed by atoms with E-state index < -0.39 is 17.3 Å². The van der Waals surface area contributed by atoms with Gasteiger partial charge in [0.25, 0.3) is 11.0 Å². The monoisotopic (exact) mass is 392 g/mol. The largest absolute Gasteiger partial charge is 0.537 e. The van der Waals surface area contributed by atoms with Crippen molar-refractivity contribution in [3.8, 4) is 0 Å². The van der Waals surface area contributed by atoms with Gasteiger partial charge in [-0.3, -0.25) is 0 Å². The average Bonchev–Trinajstić information content (AvgIpc) is 2.52. The van der Waals surface area contributed by atoms with E-state index in [0.717, 1.165) is 0 Å². The topological polar surface area (TPSA) is 43.4 Å². The molecular formula is C17H37F3NO3S+. The summed E-state index contributed by atoms with van der Waals surface area (Å²) >= 11 is 0. The zero-order valence-electron chi connectivity index (χ0n) is 16.2. The number of hydrogen-bond donors (Lipinski definition) is 1. The van der Waals surface area contributed by atoms with Gasteiger partial charge in [-0.1, -0.05) is 53.4 Å². The number of unbranched alkanes of at least 4 members (excludes halogenated alkanes) is 4. The second-order valence-corrected chi connectivity index (χ2v) is 7.04. The van der Waals surface area contributed by atoms with E-state index in [-0.39, 0.29) is 0 Å². The second-order valence-electron chi connectivity index (χ2n) is 6.41. The van der Waals surface area contributed by atoms with Crippen molar-refractivity contribution in [2.75, 3.05) is 26.2 Å². The minimum Gasteiger partial charge on any atom is -0.324 e. The summed E-state index contributed by atoms with van der Waals surface area (Å²) in [6.45, 7) is 15.0. The van der Waals surface area contributed by atoms with E-state index in [4.69, 9.17) is 8.42 Å². The van der Waals surface area contributed by atoms with Gasteiger partial charge in [0.05, 0.1) is 26.2 Å². The normalized spacial score (nSPS) is 12.2. The summed E-state index contributed by atoms with van der Waals surface area (Å²) in [5, 5.41) is 0. The zero-order valence-corrected chi connectivity index (χ0v) is 17.1. The Balaban J connectivity index is 0. The molecule has 0 radical (unpaired) electrons. The predicted octanol–water partition coefficient (Wildman–Crippen LogP) is 5.05. The van der Waals surface area contributed by atoms with Crippen LogP contribution in [-0.4, -0.2) is 45.4 Å². The molecule has 0 saturated heterocycles. The molecule has 0 aromatic rings. The van der Waals surface area contributed by atoms with Crippen LogP contribution in [0.5, 0.6) is 0 Å². The smallest absolute Gasteiger partial charge is 0.324 e. The second kappa shape index (κ2) is 15.9. The molecule has 0 amide bonds. The molecule has 0 aromatic carbocycles. The SMILES string of the molecule is CCCC[N+](CCCC)(CCCC)CCCC.O=[SH](=O)OC(F)(F)F. The average molecular weight is 393 g/mol. The maximum Gasteiger partial charge on any atom is 0.537 e. The molecule has 0 atom stereocenters. The van der Waals surface area contributed by atoms with Crippen LogP contribution < -0.4 is 0 Å². The first-order chi connectivity index (χ1) is 11.7. The van der Waals surface area contributed by atoms with Gasteiger partial charge in [0, 0.05) is 0 Å². The fraction of sp³-hybridized carbons (Fsp3) is 1.00. The van der Waals surface area contributed by atoms with Crippen LogP contribution in [0.2, 0.25) is 0 Å². The van der Waals surface area contributed by atoms with Crippen LogP contribution in [0, 0.1) is 0 Å².